The van der Waals surface area contributed by atoms with Crippen LogP contribution in [0.3, 0.4) is 0 Å². The number of esters is 1. The lowest BCUT2D eigenvalue weighted by Gasteiger charge is -1.97. The van der Waals surface area contributed by atoms with E-state index in [9.17, 15) is 4.79 Å². The molecule has 0 aromatic rings. The summed E-state index contributed by atoms with van der Waals surface area (Å²) in [7, 11) is 0. The lowest BCUT2D eigenvalue weighted by Crippen LogP contribution is -2.02. The molecule has 11 heavy (non-hydrogen) atoms. The van der Waals surface area contributed by atoms with Gasteiger partial charge in [-0.1, -0.05) is 12.2 Å². The van der Waals surface area contributed by atoms with Crippen molar-refractivity contribution in [1.82, 2.24) is 0 Å². The first kappa shape index (κ1) is 10.2. The highest BCUT2D eigenvalue weighted by atomic mass is 16.5. The number of hydrogen-bond acceptors (Lipinski definition) is 3. The maximum absolute atomic E-state index is 10.7. The third-order valence-electron chi connectivity index (χ3n) is 1.09. The average molecular weight is 158 g/mol. The van der Waals surface area contributed by atoms with Gasteiger partial charge in [-0.05, 0) is 13.3 Å². The van der Waals surface area contributed by atoms with E-state index in [1.165, 1.54) is 0 Å². The Morgan fingerprint density at radius 3 is 2.82 bits per heavy atom. The third-order valence-corrected chi connectivity index (χ3v) is 1.09. The van der Waals surface area contributed by atoms with Crippen LogP contribution < -0.4 is 0 Å². The molecule has 0 rings (SSSR count). The lowest BCUT2D eigenvalue weighted by molar-refractivity contribution is -0.142. The number of rotatable bonds is 5. The van der Waals surface area contributed by atoms with Gasteiger partial charge >= 0.3 is 5.97 Å². The van der Waals surface area contributed by atoms with E-state index in [-0.39, 0.29) is 12.6 Å². The Balaban J connectivity index is 3.24. The van der Waals surface area contributed by atoms with Crippen LogP contribution in [0.1, 0.15) is 19.8 Å². The minimum Gasteiger partial charge on any atom is -0.466 e. The molecule has 1 N–H and O–H groups in total. The smallest absolute Gasteiger partial charge is 0.306 e. The monoisotopic (exact) mass is 158 g/mol. The summed E-state index contributed by atoms with van der Waals surface area (Å²) in [5.74, 6) is -0.185. The van der Waals surface area contributed by atoms with Crippen LogP contribution in [0.25, 0.3) is 0 Å². The second-order valence-corrected chi connectivity index (χ2v) is 2.00. The molecular formula is C8H14O3. The lowest BCUT2D eigenvalue weighted by atomic mass is 10.3. The molecule has 0 unspecified atom stereocenters. The van der Waals surface area contributed by atoms with E-state index in [0.29, 0.717) is 19.4 Å². The summed E-state index contributed by atoms with van der Waals surface area (Å²) in [6, 6.07) is 0. The van der Waals surface area contributed by atoms with Gasteiger partial charge in [-0.15, -0.1) is 0 Å². The van der Waals surface area contributed by atoms with Gasteiger partial charge in [0, 0.05) is 6.42 Å². The second kappa shape index (κ2) is 7.28. The topological polar surface area (TPSA) is 46.5 Å². The molecule has 0 atom stereocenters. The summed E-state index contributed by atoms with van der Waals surface area (Å²) in [5, 5.41) is 8.33. The van der Waals surface area contributed by atoms with Crippen molar-refractivity contribution in [2.75, 3.05) is 13.2 Å². The minimum atomic E-state index is -0.185. The molecule has 0 spiro atoms. The number of aliphatic hydroxyl groups excluding tert-OH is 1. The van der Waals surface area contributed by atoms with Crippen molar-refractivity contribution in [1.29, 1.82) is 0 Å². The number of carbonyl (C=O) groups is 1. The predicted octanol–water partition coefficient (Wildman–Crippen LogP) is 0.878. The summed E-state index contributed by atoms with van der Waals surface area (Å²) < 4.78 is 4.69. The van der Waals surface area contributed by atoms with E-state index in [4.69, 9.17) is 5.11 Å². The largest absolute Gasteiger partial charge is 0.466 e. The van der Waals surface area contributed by atoms with Crippen molar-refractivity contribution >= 4 is 5.97 Å². The van der Waals surface area contributed by atoms with E-state index in [0.717, 1.165) is 0 Å². The molecule has 0 aliphatic carbocycles. The number of hydrogen-bond donors (Lipinski definition) is 1. The van der Waals surface area contributed by atoms with Crippen LogP contribution in [-0.2, 0) is 9.53 Å². The van der Waals surface area contributed by atoms with Gasteiger partial charge in [0.15, 0.2) is 0 Å². The van der Waals surface area contributed by atoms with Gasteiger partial charge in [0.05, 0.1) is 13.2 Å². The molecule has 3 nitrogen and oxygen atoms in total. The molecule has 0 saturated carbocycles. The second-order valence-electron chi connectivity index (χ2n) is 2.00. The highest BCUT2D eigenvalue weighted by Crippen LogP contribution is 1.93. The molecule has 0 heterocycles. The first-order chi connectivity index (χ1) is 5.31. The molecule has 64 valence electrons. The number of aliphatic hydroxyl groups is 1. The van der Waals surface area contributed by atoms with Crippen LogP contribution in [0.4, 0.5) is 0 Å². The fourth-order valence-electron chi connectivity index (χ4n) is 0.627. The van der Waals surface area contributed by atoms with Crippen molar-refractivity contribution in [2.24, 2.45) is 0 Å². The third kappa shape index (κ3) is 7.06. The zero-order valence-electron chi connectivity index (χ0n) is 6.75. The molecular weight excluding hydrogens is 144 g/mol. The zero-order chi connectivity index (χ0) is 8.53. The van der Waals surface area contributed by atoms with Gasteiger partial charge in [-0.3, -0.25) is 4.79 Å². The fourth-order valence-corrected chi connectivity index (χ4v) is 0.627. The first-order valence-electron chi connectivity index (χ1n) is 3.72. The van der Waals surface area contributed by atoms with Gasteiger partial charge in [-0.25, -0.2) is 0 Å². The summed E-state index contributed by atoms with van der Waals surface area (Å²) in [4.78, 5) is 10.7. The molecule has 0 aromatic heterocycles. The normalized spacial score (nSPS) is 10.4. The molecule has 3 heteroatoms. The van der Waals surface area contributed by atoms with E-state index in [1.54, 1.807) is 19.1 Å². The number of allylic oxidation sites excluding steroid dienone is 1. The number of ether oxygens (including phenoxy) is 1. The van der Waals surface area contributed by atoms with Crippen molar-refractivity contribution in [2.45, 2.75) is 19.8 Å². The molecule has 0 radical (unpaired) electrons. The van der Waals surface area contributed by atoms with Gasteiger partial charge in [-0.2, -0.15) is 0 Å². The first-order valence-corrected chi connectivity index (χ1v) is 3.72. The maximum Gasteiger partial charge on any atom is 0.306 e. The summed E-state index contributed by atoms with van der Waals surface area (Å²) in [6.45, 7) is 2.24. The van der Waals surface area contributed by atoms with Crippen molar-refractivity contribution in [3.05, 3.63) is 12.2 Å². The minimum absolute atomic E-state index is 0.0306. The highest BCUT2D eigenvalue weighted by Gasteiger charge is 1.97. The molecule has 0 aromatic carbocycles. The van der Waals surface area contributed by atoms with E-state index < -0.39 is 0 Å². The molecule has 0 bridgehead atoms. The van der Waals surface area contributed by atoms with Crippen molar-refractivity contribution < 1.29 is 14.6 Å². The summed E-state index contributed by atoms with van der Waals surface area (Å²) in [5.41, 5.74) is 0. The van der Waals surface area contributed by atoms with Crippen LogP contribution in [0.2, 0.25) is 0 Å². The SMILES string of the molecule is CCOC(=O)CC/C=C/CO. The Hall–Kier alpha value is -0.830. The Kier molecular flexibility index (Phi) is 6.73. The molecule has 0 aliphatic heterocycles. The van der Waals surface area contributed by atoms with Gasteiger partial charge in [0.2, 0.25) is 0 Å². The van der Waals surface area contributed by atoms with Crippen LogP contribution in [0, 0.1) is 0 Å². The molecule has 0 saturated heterocycles. The maximum atomic E-state index is 10.7. The van der Waals surface area contributed by atoms with Crippen LogP contribution in [-0.4, -0.2) is 24.3 Å². The predicted molar refractivity (Wildman–Crippen MR) is 42.1 cm³/mol. The highest BCUT2D eigenvalue weighted by molar-refractivity contribution is 5.69. The van der Waals surface area contributed by atoms with Crippen LogP contribution >= 0.6 is 0 Å². The summed E-state index contributed by atoms with van der Waals surface area (Å²) in [6.07, 6.45) is 4.40. The Bertz CT molecular complexity index is 129. The number of carbonyl (C=O) groups excluding carboxylic acids is 1. The fraction of sp³-hybridized carbons (Fsp3) is 0.625. The van der Waals surface area contributed by atoms with Crippen LogP contribution in [0.15, 0.2) is 12.2 Å². The average Bonchev–Trinajstić information content (AvgIpc) is 1.99. The van der Waals surface area contributed by atoms with Crippen LogP contribution in [0.5, 0.6) is 0 Å². The van der Waals surface area contributed by atoms with E-state index in [1.807, 2.05) is 0 Å². The summed E-state index contributed by atoms with van der Waals surface area (Å²) >= 11 is 0. The van der Waals surface area contributed by atoms with E-state index >= 15 is 0 Å². The Labute approximate surface area is 66.7 Å². The van der Waals surface area contributed by atoms with Crippen molar-refractivity contribution in [3.63, 3.8) is 0 Å². The van der Waals surface area contributed by atoms with Gasteiger partial charge < -0.3 is 9.84 Å². The zero-order valence-corrected chi connectivity index (χ0v) is 6.75. The van der Waals surface area contributed by atoms with Gasteiger partial charge in [0.1, 0.15) is 0 Å². The molecule has 0 amide bonds. The molecule has 0 aliphatic rings. The van der Waals surface area contributed by atoms with Gasteiger partial charge in [0.25, 0.3) is 0 Å². The standard InChI is InChI=1S/C8H14O3/c1-2-11-8(10)6-4-3-5-7-9/h3,5,9H,2,4,6-7H2,1H3/b5-3+. The molecule has 0 fully saturated rings. The van der Waals surface area contributed by atoms with E-state index in [2.05, 4.69) is 4.74 Å². The quantitative estimate of drug-likeness (QED) is 0.477. The Morgan fingerprint density at radius 2 is 2.27 bits per heavy atom. The Morgan fingerprint density at radius 1 is 1.55 bits per heavy atom. The van der Waals surface area contributed by atoms with Crippen molar-refractivity contribution in [3.8, 4) is 0 Å².